The predicted molar refractivity (Wildman–Crippen MR) is 124 cm³/mol. The van der Waals surface area contributed by atoms with Crippen LogP contribution in [0.5, 0.6) is 0 Å². The van der Waals surface area contributed by atoms with E-state index >= 15 is 0 Å². The zero-order chi connectivity index (χ0) is 22.8. The first kappa shape index (κ1) is 23.0. The Hall–Kier alpha value is -2.22. The number of hydrogen-bond acceptors (Lipinski definition) is 6. The van der Waals surface area contributed by atoms with E-state index in [0.29, 0.717) is 18.5 Å². The summed E-state index contributed by atoms with van der Waals surface area (Å²) in [4.78, 5) is 41.2. The van der Waals surface area contributed by atoms with Gasteiger partial charge in [0.05, 0.1) is 12.2 Å². The molecule has 3 aliphatic heterocycles. The average molecular weight is 443 g/mol. The van der Waals surface area contributed by atoms with Gasteiger partial charge in [-0.05, 0) is 59.0 Å². The van der Waals surface area contributed by atoms with Crippen molar-refractivity contribution in [2.45, 2.75) is 71.4 Å². The molecule has 0 spiro atoms. The first-order valence-corrected chi connectivity index (χ1v) is 12.2. The van der Waals surface area contributed by atoms with Crippen molar-refractivity contribution >= 4 is 17.6 Å². The van der Waals surface area contributed by atoms with Crippen LogP contribution in [0.2, 0.25) is 0 Å². The molecule has 1 aromatic rings. The van der Waals surface area contributed by atoms with Gasteiger partial charge in [-0.1, -0.05) is 0 Å². The highest BCUT2D eigenvalue weighted by atomic mass is 16.2. The Bertz CT molecular complexity index is 841. The van der Waals surface area contributed by atoms with Crippen molar-refractivity contribution in [1.82, 2.24) is 24.7 Å². The lowest BCUT2D eigenvalue weighted by Gasteiger charge is -2.37. The summed E-state index contributed by atoms with van der Waals surface area (Å²) in [7, 11) is 1.91. The van der Waals surface area contributed by atoms with Crippen molar-refractivity contribution in [3.8, 4) is 0 Å². The number of rotatable bonds is 4. The highest BCUT2D eigenvalue weighted by Gasteiger charge is 2.33. The Kier molecular flexibility index (Phi) is 6.98. The smallest absolute Gasteiger partial charge is 0.226 e. The normalized spacial score (nSPS) is 21.0. The number of anilines is 1. The molecule has 8 heteroatoms. The van der Waals surface area contributed by atoms with Crippen LogP contribution in [0.4, 0.5) is 5.82 Å². The van der Waals surface area contributed by atoms with Crippen molar-refractivity contribution in [2.24, 2.45) is 5.92 Å². The molecular weight excluding hydrogens is 404 g/mol. The second kappa shape index (κ2) is 9.73. The fourth-order valence-electron chi connectivity index (χ4n) is 5.40. The van der Waals surface area contributed by atoms with Gasteiger partial charge in [-0.25, -0.2) is 9.97 Å². The molecule has 176 valence electrons. The lowest BCUT2D eigenvalue weighted by Crippen LogP contribution is -2.46. The minimum absolute atomic E-state index is 0.132. The number of likely N-dealkylation sites (tertiary alicyclic amines) is 2. The quantitative estimate of drug-likeness (QED) is 0.770. The van der Waals surface area contributed by atoms with E-state index in [1.807, 2.05) is 16.8 Å². The van der Waals surface area contributed by atoms with E-state index < -0.39 is 0 Å². The summed E-state index contributed by atoms with van der Waals surface area (Å²) in [6.07, 6.45) is 4.47. The van der Waals surface area contributed by atoms with Crippen molar-refractivity contribution in [3.05, 3.63) is 17.1 Å². The topological polar surface area (TPSA) is 81.7 Å². The first-order valence-electron chi connectivity index (χ1n) is 12.2. The van der Waals surface area contributed by atoms with Crippen LogP contribution in [0.25, 0.3) is 0 Å². The first-order chi connectivity index (χ1) is 15.4. The number of carbonyl (C=O) groups is 2. The summed E-state index contributed by atoms with van der Waals surface area (Å²) in [5, 5.41) is 3.26. The summed E-state index contributed by atoms with van der Waals surface area (Å²) < 4.78 is 0. The van der Waals surface area contributed by atoms with Crippen LogP contribution in [0.3, 0.4) is 0 Å². The average Bonchev–Trinajstić information content (AvgIpc) is 2.82. The maximum absolute atomic E-state index is 13.3. The van der Waals surface area contributed by atoms with Crippen molar-refractivity contribution < 1.29 is 9.59 Å². The van der Waals surface area contributed by atoms with Gasteiger partial charge >= 0.3 is 0 Å². The fraction of sp³-hybridized carbons (Fsp3) is 0.750. The monoisotopic (exact) mass is 442 g/mol. The van der Waals surface area contributed by atoms with Crippen LogP contribution < -0.4 is 5.32 Å². The Morgan fingerprint density at radius 1 is 0.969 bits per heavy atom. The lowest BCUT2D eigenvalue weighted by atomic mass is 9.93. The SMILES string of the molecule is CNc1nc(C2CCN(C(C)=O)CC2)nc2c1CCN(C(=O)C1CCN(C(C)C)CC1)C2. The molecule has 2 amide bonds. The summed E-state index contributed by atoms with van der Waals surface area (Å²) in [5.41, 5.74) is 2.14. The van der Waals surface area contributed by atoms with Crippen LogP contribution >= 0.6 is 0 Å². The third kappa shape index (κ3) is 4.75. The van der Waals surface area contributed by atoms with Crippen LogP contribution in [0, 0.1) is 5.92 Å². The van der Waals surface area contributed by atoms with Gasteiger partial charge in [0.15, 0.2) is 0 Å². The number of amides is 2. The molecule has 0 atom stereocenters. The van der Waals surface area contributed by atoms with E-state index in [1.54, 1.807) is 6.92 Å². The minimum Gasteiger partial charge on any atom is -0.373 e. The molecule has 0 bridgehead atoms. The molecule has 0 aromatic carbocycles. The maximum atomic E-state index is 13.3. The number of piperidine rings is 2. The molecule has 0 radical (unpaired) electrons. The fourth-order valence-corrected chi connectivity index (χ4v) is 5.40. The van der Waals surface area contributed by atoms with Gasteiger partial charge in [0.2, 0.25) is 11.8 Å². The standard InChI is InChI=1S/C24H38N6O2/c1-16(2)28-10-7-19(8-11-28)24(32)30-14-9-20-21(15-30)26-22(27-23(20)25-4)18-5-12-29(13-6-18)17(3)31/h16,18-19H,5-15H2,1-4H3,(H,25,26,27). The van der Waals surface area contributed by atoms with Gasteiger partial charge < -0.3 is 20.0 Å². The summed E-state index contributed by atoms with van der Waals surface area (Å²) >= 11 is 0. The largest absolute Gasteiger partial charge is 0.373 e. The zero-order valence-electron chi connectivity index (χ0n) is 20.1. The summed E-state index contributed by atoms with van der Waals surface area (Å²) in [6.45, 7) is 10.9. The second-order valence-corrected chi connectivity index (χ2v) is 9.80. The van der Waals surface area contributed by atoms with Crippen LogP contribution in [-0.2, 0) is 22.6 Å². The summed E-state index contributed by atoms with van der Waals surface area (Å²) in [5.74, 6) is 2.58. The zero-order valence-corrected chi connectivity index (χ0v) is 20.1. The number of nitrogens with one attached hydrogen (secondary N) is 1. The molecule has 8 nitrogen and oxygen atoms in total. The molecule has 3 aliphatic rings. The minimum atomic E-state index is 0.132. The second-order valence-electron chi connectivity index (χ2n) is 9.80. The van der Waals surface area contributed by atoms with Crippen LogP contribution in [0.1, 0.15) is 69.5 Å². The van der Waals surface area contributed by atoms with E-state index in [0.717, 1.165) is 87.7 Å². The molecule has 1 N–H and O–H groups in total. The highest BCUT2D eigenvalue weighted by Crippen LogP contribution is 2.31. The Morgan fingerprint density at radius 3 is 2.25 bits per heavy atom. The number of nitrogens with zero attached hydrogens (tertiary/aromatic N) is 5. The number of carbonyl (C=O) groups excluding carboxylic acids is 2. The molecule has 1 aromatic heterocycles. The molecule has 2 fully saturated rings. The van der Waals surface area contributed by atoms with Gasteiger partial charge in [-0.15, -0.1) is 0 Å². The number of hydrogen-bond donors (Lipinski definition) is 1. The molecule has 0 unspecified atom stereocenters. The Morgan fingerprint density at radius 2 is 1.66 bits per heavy atom. The van der Waals surface area contributed by atoms with E-state index in [9.17, 15) is 9.59 Å². The van der Waals surface area contributed by atoms with Gasteiger partial charge in [-0.3, -0.25) is 9.59 Å². The molecular formula is C24H38N6O2. The van der Waals surface area contributed by atoms with Crippen LogP contribution in [-0.4, -0.2) is 82.3 Å². The van der Waals surface area contributed by atoms with E-state index in [2.05, 4.69) is 24.1 Å². The lowest BCUT2D eigenvalue weighted by molar-refractivity contribution is -0.138. The van der Waals surface area contributed by atoms with E-state index in [-0.39, 0.29) is 17.7 Å². The van der Waals surface area contributed by atoms with Gasteiger partial charge in [0, 0.05) is 57.0 Å². The molecule has 0 aliphatic carbocycles. The third-order valence-corrected chi connectivity index (χ3v) is 7.55. The van der Waals surface area contributed by atoms with Crippen molar-refractivity contribution in [2.75, 3.05) is 45.1 Å². The van der Waals surface area contributed by atoms with Gasteiger partial charge in [0.25, 0.3) is 0 Å². The van der Waals surface area contributed by atoms with Gasteiger partial charge in [0.1, 0.15) is 11.6 Å². The van der Waals surface area contributed by atoms with Crippen molar-refractivity contribution in [3.63, 3.8) is 0 Å². The third-order valence-electron chi connectivity index (χ3n) is 7.55. The number of fused-ring (bicyclic) bond motifs is 1. The Labute approximate surface area is 191 Å². The molecule has 4 heterocycles. The maximum Gasteiger partial charge on any atom is 0.226 e. The highest BCUT2D eigenvalue weighted by molar-refractivity contribution is 5.79. The van der Waals surface area contributed by atoms with Crippen molar-refractivity contribution in [1.29, 1.82) is 0 Å². The molecule has 32 heavy (non-hydrogen) atoms. The van der Waals surface area contributed by atoms with Crippen LogP contribution in [0.15, 0.2) is 0 Å². The van der Waals surface area contributed by atoms with E-state index in [4.69, 9.17) is 9.97 Å². The molecule has 2 saturated heterocycles. The summed E-state index contributed by atoms with van der Waals surface area (Å²) in [6, 6.07) is 0.547. The molecule has 0 saturated carbocycles. The predicted octanol–water partition coefficient (Wildman–Crippen LogP) is 2.25. The Balaban J connectivity index is 1.46. The van der Waals surface area contributed by atoms with E-state index in [1.165, 1.54) is 0 Å². The molecule has 4 rings (SSSR count). The van der Waals surface area contributed by atoms with Gasteiger partial charge in [-0.2, -0.15) is 0 Å². The number of aromatic nitrogens is 2.